The van der Waals surface area contributed by atoms with Crippen molar-refractivity contribution < 1.29 is 18.0 Å². The van der Waals surface area contributed by atoms with E-state index in [2.05, 4.69) is 15.7 Å². The molecule has 158 valence electrons. The van der Waals surface area contributed by atoms with Crippen LogP contribution in [0.2, 0.25) is 10.2 Å². The van der Waals surface area contributed by atoms with E-state index in [1.165, 1.54) is 23.0 Å². The summed E-state index contributed by atoms with van der Waals surface area (Å²) >= 11 is 12.3. The lowest BCUT2D eigenvalue weighted by atomic mass is 9.86. The molecule has 0 bridgehead atoms. The molecular weight excluding hydrogens is 437 g/mol. The molecule has 1 aliphatic rings. The van der Waals surface area contributed by atoms with Crippen molar-refractivity contribution in [3.63, 3.8) is 0 Å². The molecule has 30 heavy (non-hydrogen) atoms. The summed E-state index contributed by atoms with van der Waals surface area (Å²) in [6, 6.07) is 4.98. The SMILES string of the molecule is Cn1ncc(Cl)c1-c1cc(C(=O)N[C@@H]2CNCC[C@@H]2c2ccc(F)c(F)c2)oc1Cl. The number of hydrogen-bond acceptors (Lipinski definition) is 4. The Bertz CT molecular complexity index is 1080. The zero-order valence-electron chi connectivity index (χ0n) is 15.9. The second-order valence-electron chi connectivity index (χ2n) is 7.12. The minimum Gasteiger partial charge on any atom is -0.439 e. The first-order valence-corrected chi connectivity index (χ1v) is 10.0. The summed E-state index contributed by atoms with van der Waals surface area (Å²) in [7, 11) is 1.70. The molecule has 2 atom stereocenters. The van der Waals surface area contributed by atoms with E-state index in [9.17, 15) is 13.6 Å². The van der Waals surface area contributed by atoms with Crippen molar-refractivity contribution in [3.8, 4) is 11.3 Å². The van der Waals surface area contributed by atoms with Gasteiger partial charge in [0.2, 0.25) is 5.22 Å². The molecule has 0 spiro atoms. The van der Waals surface area contributed by atoms with Crippen LogP contribution in [0.5, 0.6) is 0 Å². The number of aromatic nitrogens is 2. The van der Waals surface area contributed by atoms with Gasteiger partial charge in [-0.05, 0) is 42.3 Å². The Morgan fingerprint density at radius 3 is 2.80 bits per heavy atom. The van der Waals surface area contributed by atoms with Crippen LogP contribution in [0.4, 0.5) is 8.78 Å². The third-order valence-electron chi connectivity index (χ3n) is 5.23. The first-order valence-electron chi connectivity index (χ1n) is 9.29. The predicted octanol–water partition coefficient (Wildman–Crippen LogP) is 4.14. The lowest BCUT2D eigenvalue weighted by Gasteiger charge is -2.33. The molecule has 0 radical (unpaired) electrons. The molecule has 3 heterocycles. The van der Waals surface area contributed by atoms with Crippen LogP contribution in [0, 0.1) is 11.6 Å². The number of nitrogens with one attached hydrogen (secondary N) is 2. The summed E-state index contributed by atoms with van der Waals surface area (Å²) in [4.78, 5) is 12.8. The van der Waals surface area contributed by atoms with Crippen LogP contribution >= 0.6 is 23.2 Å². The van der Waals surface area contributed by atoms with Crippen molar-refractivity contribution in [1.29, 1.82) is 0 Å². The fourth-order valence-electron chi connectivity index (χ4n) is 3.75. The molecule has 10 heteroatoms. The van der Waals surface area contributed by atoms with Crippen LogP contribution < -0.4 is 10.6 Å². The standard InChI is InChI=1S/C20H18Cl2F2N4O2/c1-28-18(13(21)8-26-28)12-7-17(30-19(12)22)20(29)27-16-9-25-5-4-11(16)10-2-3-14(23)15(24)6-10/h2-3,6-8,11,16,25H,4-5,9H2,1H3,(H,27,29)/t11-,16-/m1/s1. The van der Waals surface area contributed by atoms with Crippen LogP contribution in [0.3, 0.4) is 0 Å². The van der Waals surface area contributed by atoms with E-state index in [-0.39, 0.29) is 22.9 Å². The van der Waals surface area contributed by atoms with Gasteiger partial charge in [-0.3, -0.25) is 9.48 Å². The highest BCUT2D eigenvalue weighted by atomic mass is 35.5. The smallest absolute Gasteiger partial charge is 0.287 e. The summed E-state index contributed by atoms with van der Waals surface area (Å²) in [5.74, 6) is -2.45. The van der Waals surface area contributed by atoms with Gasteiger partial charge in [-0.1, -0.05) is 17.7 Å². The monoisotopic (exact) mass is 454 g/mol. The lowest BCUT2D eigenvalue weighted by molar-refractivity contribution is 0.0896. The van der Waals surface area contributed by atoms with Crippen LogP contribution in [-0.4, -0.2) is 34.8 Å². The van der Waals surface area contributed by atoms with E-state index in [0.29, 0.717) is 41.4 Å². The highest BCUT2D eigenvalue weighted by molar-refractivity contribution is 6.35. The van der Waals surface area contributed by atoms with Gasteiger partial charge in [-0.15, -0.1) is 0 Å². The average molecular weight is 455 g/mol. The number of benzene rings is 1. The number of furan rings is 1. The first kappa shape index (κ1) is 20.8. The normalized spacial score (nSPS) is 19.1. The number of hydrogen-bond donors (Lipinski definition) is 2. The molecule has 1 saturated heterocycles. The van der Waals surface area contributed by atoms with Gasteiger partial charge in [0, 0.05) is 31.6 Å². The zero-order chi connectivity index (χ0) is 21.4. The highest BCUT2D eigenvalue weighted by Gasteiger charge is 2.30. The fraction of sp³-hybridized carbons (Fsp3) is 0.300. The van der Waals surface area contributed by atoms with Crippen LogP contribution in [0.1, 0.15) is 28.5 Å². The number of nitrogens with zero attached hydrogens (tertiary/aromatic N) is 2. The van der Waals surface area contributed by atoms with Gasteiger partial charge < -0.3 is 15.1 Å². The maximum atomic E-state index is 13.7. The molecule has 2 aromatic heterocycles. The topological polar surface area (TPSA) is 72.1 Å². The number of carbonyl (C=O) groups is 1. The molecule has 2 N–H and O–H groups in total. The lowest BCUT2D eigenvalue weighted by Crippen LogP contribution is -2.50. The number of aryl methyl sites for hydroxylation is 1. The zero-order valence-corrected chi connectivity index (χ0v) is 17.4. The Hall–Kier alpha value is -2.42. The summed E-state index contributed by atoms with van der Waals surface area (Å²) < 4.78 is 34.0. The van der Waals surface area contributed by atoms with Gasteiger partial charge in [0.15, 0.2) is 17.4 Å². The Labute approximate surface area is 181 Å². The third-order valence-corrected chi connectivity index (χ3v) is 5.79. The first-order chi connectivity index (χ1) is 14.3. The number of piperidine rings is 1. The van der Waals surface area contributed by atoms with E-state index in [0.717, 1.165) is 6.07 Å². The van der Waals surface area contributed by atoms with E-state index >= 15 is 0 Å². The number of halogens is 4. The Morgan fingerprint density at radius 2 is 2.10 bits per heavy atom. The van der Waals surface area contributed by atoms with E-state index in [1.54, 1.807) is 13.1 Å². The molecule has 0 unspecified atom stereocenters. The molecular formula is C20H18Cl2F2N4O2. The van der Waals surface area contributed by atoms with Gasteiger partial charge in [-0.2, -0.15) is 5.10 Å². The van der Waals surface area contributed by atoms with E-state index in [1.807, 2.05) is 0 Å². The van der Waals surface area contributed by atoms with Crippen molar-refractivity contribution in [3.05, 3.63) is 63.7 Å². The minimum absolute atomic E-state index is 0.0156. The van der Waals surface area contributed by atoms with Gasteiger partial charge in [-0.25, -0.2) is 8.78 Å². The second kappa shape index (κ2) is 8.37. The number of carbonyl (C=O) groups excluding carboxylic acids is 1. The molecule has 0 aliphatic carbocycles. The minimum atomic E-state index is -0.911. The predicted molar refractivity (Wildman–Crippen MR) is 109 cm³/mol. The van der Waals surface area contributed by atoms with Crippen molar-refractivity contribution in [2.75, 3.05) is 13.1 Å². The summed E-state index contributed by atoms with van der Waals surface area (Å²) in [6.45, 7) is 1.18. The van der Waals surface area contributed by atoms with Gasteiger partial charge in [0.1, 0.15) is 0 Å². The van der Waals surface area contributed by atoms with Crippen LogP contribution in [-0.2, 0) is 7.05 Å². The summed E-state index contributed by atoms with van der Waals surface area (Å²) in [5, 5.41) is 10.6. The van der Waals surface area contributed by atoms with Crippen LogP contribution in [0.15, 0.2) is 34.9 Å². The molecule has 6 nitrogen and oxygen atoms in total. The second-order valence-corrected chi connectivity index (χ2v) is 7.87. The van der Waals surface area contributed by atoms with Crippen molar-refractivity contribution in [2.24, 2.45) is 7.05 Å². The molecule has 1 fully saturated rings. The van der Waals surface area contributed by atoms with Gasteiger partial charge in [0.05, 0.1) is 22.5 Å². The van der Waals surface area contributed by atoms with Crippen molar-refractivity contribution in [1.82, 2.24) is 20.4 Å². The van der Waals surface area contributed by atoms with E-state index < -0.39 is 17.5 Å². The Morgan fingerprint density at radius 1 is 1.30 bits per heavy atom. The molecule has 4 rings (SSSR count). The van der Waals surface area contributed by atoms with Crippen molar-refractivity contribution in [2.45, 2.75) is 18.4 Å². The number of rotatable bonds is 4. The maximum Gasteiger partial charge on any atom is 0.287 e. The molecule has 1 aliphatic heterocycles. The number of amides is 1. The fourth-order valence-corrected chi connectivity index (χ4v) is 4.24. The summed E-state index contributed by atoms with van der Waals surface area (Å²) in [6.07, 6.45) is 2.13. The largest absolute Gasteiger partial charge is 0.439 e. The third kappa shape index (κ3) is 3.95. The van der Waals surface area contributed by atoms with E-state index in [4.69, 9.17) is 27.6 Å². The Balaban J connectivity index is 1.56. The van der Waals surface area contributed by atoms with Gasteiger partial charge in [0.25, 0.3) is 5.91 Å². The average Bonchev–Trinajstić information content (AvgIpc) is 3.26. The Kier molecular flexibility index (Phi) is 5.81. The summed E-state index contributed by atoms with van der Waals surface area (Å²) in [5.41, 5.74) is 1.61. The molecule has 1 amide bonds. The quantitative estimate of drug-likeness (QED) is 0.621. The van der Waals surface area contributed by atoms with Crippen molar-refractivity contribution >= 4 is 29.1 Å². The molecule has 1 aromatic carbocycles. The van der Waals surface area contributed by atoms with Crippen LogP contribution in [0.25, 0.3) is 11.3 Å². The van der Waals surface area contributed by atoms with Gasteiger partial charge >= 0.3 is 0 Å². The molecule has 0 saturated carbocycles. The highest BCUT2D eigenvalue weighted by Crippen LogP contribution is 2.35. The molecule has 3 aromatic rings. The maximum absolute atomic E-state index is 13.7.